The molecule has 1 heterocycles. The molecular weight excluding hydrogens is 362 g/mol. The van der Waals surface area contributed by atoms with Crippen LogP contribution in [0.15, 0.2) is 34.5 Å². The van der Waals surface area contributed by atoms with E-state index in [1.54, 1.807) is 5.38 Å². The Morgan fingerprint density at radius 3 is 2.48 bits per heavy atom. The van der Waals surface area contributed by atoms with E-state index in [1.165, 1.54) is 35.6 Å². The molecular formula is C16H17N3O4S2. The van der Waals surface area contributed by atoms with Crippen LogP contribution in [-0.2, 0) is 25.8 Å². The summed E-state index contributed by atoms with van der Waals surface area (Å²) in [5, 5.41) is 7.67. The van der Waals surface area contributed by atoms with Crippen molar-refractivity contribution in [1.29, 1.82) is 0 Å². The zero-order valence-electron chi connectivity index (χ0n) is 13.5. The van der Waals surface area contributed by atoms with E-state index in [0.29, 0.717) is 16.5 Å². The molecule has 1 aliphatic rings. The minimum atomic E-state index is -3.26. The molecule has 0 aliphatic heterocycles. The Hall–Kier alpha value is -2.26. The third kappa shape index (κ3) is 4.86. The Morgan fingerprint density at radius 2 is 1.88 bits per heavy atom. The molecule has 1 aromatic carbocycles. The lowest BCUT2D eigenvalue weighted by Gasteiger charge is -2.05. The molecule has 3 rings (SSSR count). The summed E-state index contributed by atoms with van der Waals surface area (Å²) in [6.45, 7) is 0. The number of thiazole rings is 1. The van der Waals surface area contributed by atoms with Crippen LogP contribution in [0.3, 0.4) is 0 Å². The number of amides is 2. The van der Waals surface area contributed by atoms with Gasteiger partial charge in [-0.3, -0.25) is 9.59 Å². The maximum absolute atomic E-state index is 12.1. The van der Waals surface area contributed by atoms with Crippen LogP contribution in [-0.4, -0.2) is 31.5 Å². The summed E-state index contributed by atoms with van der Waals surface area (Å²) in [7, 11) is -3.26. The van der Waals surface area contributed by atoms with Gasteiger partial charge in [-0.25, -0.2) is 13.4 Å². The van der Waals surface area contributed by atoms with Crippen molar-refractivity contribution in [3.63, 3.8) is 0 Å². The van der Waals surface area contributed by atoms with Gasteiger partial charge in [-0.05, 0) is 37.1 Å². The highest BCUT2D eigenvalue weighted by molar-refractivity contribution is 7.90. The molecule has 0 radical (unpaired) electrons. The standard InChI is InChI=1S/C16H17N3O4S2/c1-25(22,23)13-6-4-11(5-7-13)17-14(20)8-12-9-24-16(18-12)19-15(21)10-2-3-10/h4-7,9-10H,2-3,8H2,1H3,(H,17,20)(H,18,19,21). The van der Waals surface area contributed by atoms with E-state index in [0.717, 1.165) is 19.1 Å². The molecule has 0 bridgehead atoms. The fraction of sp³-hybridized carbons (Fsp3) is 0.312. The molecule has 2 aromatic rings. The van der Waals surface area contributed by atoms with Gasteiger partial charge in [0.05, 0.1) is 17.0 Å². The van der Waals surface area contributed by atoms with Crippen molar-refractivity contribution in [1.82, 2.24) is 4.98 Å². The van der Waals surface area contributed by atoms with Crippen LogP contribution in [0, 0.1) is 5.92 Å². The highest BCUT2D eigenvalue weighted by Gasteiger charge is 2.30. The second-order valence-electron chi connectivity index (χ2n) is 5.93. The lowest BCUT2D eigenvalue weighted by molar-refractivity contribution is -0.117. The molecule has 132 valence electrons. The number of nitrogens with zero attached hydrogens (tertiary/aromatic N) is 1. The number of nitrogens with one attached hydrogen (secondary N) is 2. The molecule has 1 aromatic heterocycles. The van der Waals surface area contributed by atoms with Crippen molar-refractivity contribution in [3.05, 3.63) is 35.3 Å². The fourth-order valence-corrected chi connectivity index (χ4v) is 3.50. The van der Waals surface area contributed by atoms with Gasteiger partial charge >= 0.3 is 0 Å². The van der Waals surface area contributed by atoms with Crippen molar-refractivity contribution in [2.45, 2.75) is 24.2 Å². The Morgan fingerprint density at radius 1 is 1.20 bits per heavy atom. The van der Waals surface area contributed by atoms with Gasteiger partial charge in [-0.2, -0.15) is 0 Å². The number of benzene rings is 1. The molecule has 2 amide bonds. The fourth-order valence-electron chi connectivity index (χ4n) is 2.15. The van der Waals surface area contributed by atoms with Gasteiger partial charge in [0.25, 0.3) is 0 Å². The Labute approximate surface area is 149 Å². The maximum atomic E-state index is 12.1. The molecule has 2 N–H and O–H groups in total. The SMILES string of the molecule is CS(=O)(=O)c1ccc(NC(=O)Cc2csc(NC(=O)C3CC3)n2)cc1. The first-order valence-electron chi connectivity index (χ1n) is 7.66. The van der Waals surface area contributed by atoms with Crippen LogP contribution in [0.5, 0.6) is 0 Å². The molecule has 0 atom stereocenters. The van der Waals surface area contributed by atoms with Crippen LogP contribution in [0.4, 0.5) is 10.8 Å². The monoisotopic (exact) mass is 379 g/mol. The first-order valence-corrected chi connectivity index (χ1v) is 10.4. The summed E-state index contributed by atoms with van der Waals surface area (Å²) < 4.78 is 22.8. The minimum Gasteiger partial charge on any atom is -0.326 e. The second-order valence-corrected chi connectivity index (χ2v) is 8.80. The molecule has 25 heavy (non-hydrogen) atoms. The van der Waals surface area contributed by atoms with Crippen LogP contribution >= 0.6 is 11.3 Å². The summed E-state index contributed by atoms with van der Waals surface area (Å²) in [4.78, 5) is 28.2. The molecule has 0 unspecified atom stereocenters. The third-order valence-corrected chi connectivity index (χ3v) is 5.57. The van der Waals surface area contributed by atoms with Gasteiger partial charge < -0.3 is 10.6 Å². The van der Waals surface area contributed by atoms with Gasteiger partial charge in [-0.15, -0.1) is 11.3 Å². The Bertz CT molecular complexity index is 900. The maximum Gasteiger partial charge on any atom is 0.230 e. The predicted molar refractivity (Wildman–Crippen MR) is 95.4 cm³/mol. The number of anilines is 2. The van der Waals surface area contributed by atoms with Crippen molar-refractivity contribution in [2.75, 3.05) is 16.9 Å². The molecule has 1 aliphatic carbocycles. The predicted octanol–water partition coefficient (Wildman–Crippen LogP) is 2.08. The van der Waals surface area contributed by atoms with Gasteiger partial charge in [0.15, 0.2) is 15.0 Å². The lowest BCUT2D eigenvalue weighted by atomic mass is 10.3. The first kappa shape index (κ1) is 17.6. The van der Waals surface area contributed by atoms with E-state index in [4.69, 9.17) is 0 Å². The molecule has 9 heteroatoms. The number of aromatic nitrogens is 1. The molecule has 0 saturated heterocycles. The Kier molecular flexibility index (Phi) is 4.87. The quantitative estimate of drug-likeness (QED) is 0.799. The largest absolute Gasteiger partial charge is 0.326 e. The van der Waals surface area contributed by atoms with Crippen molar-refractivity contribution < 1.29 is 18.0 Å². The van der Waals surface area contributed by atoms with Crippen molar-refractivity contribution >= 4 is 43.8 Å². The summed E-state index contributed by atoms with van der Waals surface area (Å²) >= 11 is 1.29. The van der Waals surface area contributed by atoms with Crippen LogP contribution in [0.2, 0.25) is 0 Å². The van der Waals surface area contributed by atoms with E-state index >= 15 is 0 Å². The van der Waals surface area contributed by atoms with Gasteiger partial charge in [0, 0.05) is 23.2 Å². The highest BCUT2D eigenvalue weighted by Crippen LogP contribution is 2.30. The zero-order valence-corrected chi connectivity index (χ0v) is 15.1. The molecule has 1 saturated carbocycles. The number of carbonyl (C=O) groups excluding carboxylic acids is 2. The van der Waals surface area contributed by atoms with Crippen LogP contribution in [0.25, 0.3) is 0 Å². The summed E-state index contributed by atoms with van der Waals surface area (Å²) in [6.07, 6.45) is 3.04. The zero-order chi connectivity index (χ0) is 18.0. The number of hydrogen-bond donors (Lipinski definition) is 2. The topological polar surface area (TPSA) is 105 Å². The van der Waals surface area contributed by atoms with Crippen molar-refractivity contribution in [3.8, 4) is 0 Å². The van der Waals surface area contributed by atoms with E-state index in [1.807, 2.05) is 0 Å². The van der Waals surface area contributed by atoms with E-state index in [-0.39, 0.29) is 29.0 Å². The van der Waals surface area contributed by atoms with Gasteiger partial charge in [0.2, 0.25) is 11.8 Å². The van der Waals surface area contributed by atoms with E-state index < -0.39 is 9.84 Å². The number of rotatable bonds is 6. The first-order chi connectivity index (χ1) is 11.8. The average Bonchev–Trinajstić information content (AvgIpc) is 3.30. The molecule has 7 nitrogen and oxygen atoms in total. The van der Waals surface area contributed by atoms with E-state index in [2.05, 4.69) is 15.6 Å². The Balaban J connectivity index is 1.55. The third-order valence-electron chi connectivity index (χ3n) is 3.64. The van der Waals surface area contributed by atoms with Gasteiger partial charge in [-0.1, -0.05) is 0 Å². The highest BCUT2D eigenvalue weighted by atomic mass is 32.2. The second kappa shape index (κ2) is 6.93. The molecule has 0 spiro atoms. The number of hydrogen-bond acceptors (Lipinski definition) is 6. The number of sulfone groups is 1. The lowest BCUT2D eigenvalue weighted by Crippen LogP contribution is -2.15. The average molecular weight is 379 g/mol. The smallest absolute Gasteiger partial charge is 0.230 e. The normalized spacial score (nSPS) is 14.1. The van der Waals surface area contributed by atoms with Crippen LogP contribution < -0.4 is 10.6 Å². The molecule has 1 fully saturated rings. The summed E-state index contributed by atoms with van der Waals surface area (Å²) in [5.74, 6) is -0.181. The van der Waals surface area contributed by atoms with Crippen molar-refractivity contribution in [2.24, 2.45) is 5.92 Å². The van der Waals surface area contributed by atoms with E-state index in [9.17, 15) is 18.0 Å². The minimum absolute atomic E-state index is 0.0173. The van der Waals surface area contributed by atoms with Crippen LogP contribution in [0.1, 0.15) is 18.5 Å². The van der Waals surface area contributed by atoms with Gasteiger partial charge in [0.1, 0.15) is 0 Å². The number of carbonyl (C=O) groups is 2. The summed E-state index contributed by atoms with van der Waals surface area (Å²) in [5.41, 5.74) is 1.08. The summed E-state index contributed by atoms with van der Waals surface area (Å²) in [6, 6.07) is 5.96.